The van der Waals surface area contributed by atoms with E-state index in [9.17, 15) is 14.0 Å². The number of rotatable bonds is 4. The summed E-state index contributed by atoms with van der Waals surface area (Å²) in [5.74, 6) is -0.702. The summed E-state index contributed by atoms with van der Waals surface area (Å²) < 4.78 is 24.0. The van der Waals surface area contributed by atoms with Crippen LogP contribution in [-0.2, 0) is 9.59 Å². The minimum Gasteiger partial charge on any atom is -0.481 e. The smallest absolute Gasteiger partial charge is 0.265 e. The largest absolute Gasteiger partial charge is 0.481 e. The van der Waals surface area contributed by atoms with Crippen LogP contribution in [0.2, 0.25) is 0 Å². The first-order valence-corrected chi connectivity index (χ1v) is 7.31. The topological polar surface area (TPSA) is 76.7 Å². The van der Waals surface area contributed by atoms with Crippen LogP contribution in [0.1, 0.15) is 6.92 Å². The van der Waals surface area contributed by atoms with Gasteiger partial charge in [-0.3, -0.25) is 9.59 Å². The number of halogens is 1. The van der Waals surface area contributed by atoms with Crippen molar-refractivity contribution in [3.63, 3.8) is 0 Å². The normalized spacial score (nSPS) is 15.8. The minimum absolute atomic E-state index is 0.00717. The van der Waals surface area contributed by atoms with E-state index < -0.39 is 17.8 Å². The molecule has 0 aliphatic carbocycles. The zero-order valence-corrected chi connectivity index (χ0v) is 12.8. The molecule has 0 saturated heterocycles. The standard InChI is InChI=1S/C17H15FN2O4/c1-10-17(22)20-13-8-11(6-7-15(13)24-10)19-16(21)9-23-14-5-3-2-4-12(14)18/h2-8,10H,9H2,1H3,(H,19,21)(H,20,22)/t10-/m0/s1. The SMILES string of the molecule is C[C@@H]1Oc2ccc(NC(=O)COc3ccccc3F)cc2NC1=O. The third-order valence-electron chi connectivity index (χ3n) is 3.39. The van der Waals surface area contributed by atoms with Gasteiger partial charge >= 0.3 is 0 Å². The number of anilines is 2. The fourth-order valence-electron chi connectivity index (χ4n) is 2.19. The quantitative estimate of drug-likeness (QED) is 0.903. The number of ether oxygens (including phenoxy) is 2. The van der Waals surface area contributed by atoms with E-state index in [1.807, 2.05) is 0 Å². The summed E-state index contributed by atoms with van der Waals surface area (Å²) in [6, 6.07) is 10.7. The molecule has 1 aliphatic rings. The van der Waals surface area contributed by atoms with Gasteiger partial charge < -0.3 is 20.1 Å². The number of carbonyl (C=O) groups is 2. The van der Waals surface area contributed by atoms with Crippen LogP contribution in [0.3, 0.4) is 0 Å². The van der Waals surface area contributed by atoms with E-state index in [0.29, 0.717) is 17.1 Å². The highest BCUT2D eigenvalue weighted by atomic mass is 19.1. The molecule has 7 heteroatoms. The molecule has 24 heavy (non-hydrogen) atoms. The van der Waals surface area contributed by atoms with Crippen molar-refractivity contribution in [3.05, 3.63) is 48.3 Å². The second kappa shape index (κ2) is 6.57. The second-order valence-electron chi connectivity index (χ2n) is 5.23. The Morgan fingerprint density at radius 1 is 1.33 bits per heavy atom. The molecule has 0 unspecified atom stereocenters. The number of para-hydroxylation sites is 1. The first kappa shape index (κ1) is 15.8. The molecular weight excluding hydrogens is 315 g/mol. The van der Waals surface area contributed by atoms with Crippen molar-refractivity contribution < 1.29 is 23.5 Å². The first-order chi connectivity index (χ1) is 11.5. The Kier molecular flexibility index (Phi) is 4.33. The lowest BCUT2D eigenvalue weighted by atomic mass is 10.2. The van der Waals surface area contributed by atoms with Crippen LogP contribution in [0, 0.1) is 5.82 Å². The molecule has 1 aliphatic heterocycles. The van der Waals surface area contributed by atoms with Gasteiger partial charge in [0, 0.05) is 5.69 Å². The Morgan fingerprint density at radius 2 is 2.12 bits per heavy atom. The lowest BCUT2D eigenvalue weighted by Gasteiger charge is -2.23. The first-order valence-electron chi connectivity index (χ1n) is 7.31. The molecule has 0 radical (unpaired) electrons. The van der Waals surface area contributed by atoms with E-state index in [-0.39, 0.29) is 18.3 Å². The van der Waals surface area contributed by atoms with Crippen molar-refractivity contribution in [2.45, 2.75) is 13.0 Å². The molecule has 0 aromatic heterocycles. The number of carbonyl (C=O) groups excluding carboxylic acids is 2. The van der Waals surface area contributed by atoms with Gasteiger partial charge in [0.2, 0.25) is 0 Å². The highest BCUT2D eigenvalue weighted by molar-refractivity contribution is 5.99. The molecule has 2 aromatic carbocycles. The Morgan fingerprint density at radius 3 is 2.92 bits per heavy atom. The summed E-state index contributed by atoms with van der Waals surface area (Å²) in [4.78, 5) is 23.5. The van der Waals surface area contributed by atoms with Crippen LogP contribution < -0.4 is 20.1 Å². The molecule has 3 rings (SSSR count). The molecule has 0 saturated carbocycles. The molecule has 2 N–H and O–H groups in total. The van der Waals surface area contributed by atoms with Crippen LogP contribution in [0.15, 0.2) is 42.5 Å². The van der Waals surface area contributed by atoms with Gasteiger partial charge in [0.25, 0.3) is 11.8 Å². The molecular formula is C17H15FN2O4. The Labute approximate surface area is 137 Å². The van der Waals surface area contributed by atoms with Gasteiger partial charge in [-0.15, -0.1) is 0 Å². The lowest BCUT2D eigenvalue weighted by Crippen LogP contribution is -2.34. The van der Waals surface area contributed by atoms with E-state index in [4.69, 9.17) is 9.47 Å². The van der Waals surface area contributed by atoms with E-state index in [1.54, 1.807) is 31.2 Å². The summed E-state index contributed by atoms with van der Waals surface area (Å²) in [5.41, 5.74) is 0.945. The zero-order chi connectivity index (χ0) is 17.1. The highest BCUT2D eigenvalue weighted by Gasteiger charge is 2.23. The van der Waals surface area contributed by atoms with E-state index in [0.717, 1.165) is 0 Å². The van der Waals surface area contributed by atoms with Crippen molar-refractivity contribution in [1.29, 1.82) is 0 Å². The maximum Gasteiger partial charge on any atom is 0.265 e. The van der Waals surface area contributed by atoms with E-state index >= 15 is 0 Å². The fraction of sp³-hybridized carbons (Fsp3) is 0.176. The predicted molar refractivity (Wildman–Crippen MR) is 85.7 cm³/mol. The fourth-order valence-corrected chi connectivity index (χ4v) is 2.19. The Balaban J connectivity index is 1.62. The molecule has 0 bridgehead atoms. The molecule has 124 valence electrons. The van der Waals surface area contributed by atoms with Crippen LogP contribution in [0.4, 0.5) is 15.8 Å². The number of amides is 2. The van der Waals surface area contributed by atoms with Crippen LogP contribution in [-0.4, -0.2) is 24.5 Å². The lowest BCUT2D eigenvalue weighted by molar-refractivity contribution is -0.122. The third kappa shape index (κ3) is 3.45. The number of fused-ring (bicyclic) bond motifs is 1. The predicted octanol–water partition coefficient (Wildman–Crippen LogP) is 2.56. The van der Waals surface area contributed by atoms with Gasteiger partial charge in [0.15, 0.2) is 24.3 Å². The summed E-state index contributed by atoms with van der Waals surface area (Å²) in [7, 11) is 0. The van der Waals surface area contributed by atoms with Crippen molar-refractivity contribution in [2.75, 3.05) is 17.2 Å². The summed E-state index contributed by atoms with van der Waals surface area (Å²) in [6.45, 7) is 1.31. The second-order valence-corrected chi connectivity index (χ2v) is 5.23. The van der Waals surface area contributed by atoms with Gasteiger partial charge in [-0.25, -0.2) is 4.39 Å². The Hall–Kier alpha value is -3.09. The van der Waals surface area contributed by atoms with E-state index in [1.165, 1.54) is 18.2 Å². The van der Waals surface area contributed by atoms with Crippen molar-refractivity contribution in [1.82, 2.24) is 0 Å². The summed E-state index contributed by atoms with van der Waals surface area (Å²) >= 11 is 0. The maximum atomic E-state index is 13.4. The monoisotopic (exact) mass is 330 g/mol. The third-order valence-corrected chi connectivity index (χ3v) is 3.39. The summed E-state index contributed by atoms with van der Waals surface area (Å²) in [5, 5.41) is 5.31. The van der Waals surface area contributed by atoms with Crippen molar-refractivity contribution in [2.24, 2.45) is 0 Å². The molecule has 6 nitrogen and oxygen atoms in total. The highest BCUT2D eigenvalue weighted by Crippen LogP contribution is 2.32. The average molecular weight is 330 g/mol. The van der Waals surface area contributed by atoms with Gasteiger partial charge in [0.1, 0.15) is 5.75 Å². The Bertz CT molecular complexity index is 794. The van der Waals surface area contributed by atoms with Crippen molar-refractivity contribution >= 4 is 23.2 Å². The molecule has 2 amide bonds. The van der Waals surface area contributed by atoms with Gasteiger partial charge in [-0.1, -0.05) is 12.1 Å². The number of benzene rings is 2. The van der Waals surface area contributed by atoms with Crippen LogP contribution in [0.5, 0.6) is 11.5 Å². The van der Waals surface area contributed by atoms with Crippen LogP contribution >= 0.6 is 0 Å². The van der Waals surface area contributed by atoms with Gasteiger partial charge in [-0.05, 0) is 37.3 Å². The maximum absolute atomic E-state index is 13.4. The van der Waals surface area contributed by atoms with Crippen LogP contribution in [0.25, 0.3) is 0 Å². The minimum atomic E-state index is -0.563. The summed E-state index contributed by atoms with van der Waals surface area (Å²) in [6.07, 6.45) is -0.563. The van der Waals surface area contributed by atoms with E-state index in [2.05, 4.69) is 10.6 Å². The zero-order valence-electron chi connectivity index (χ0n) is 12.8. The number of hydrogen-bond acceptors (Lipinski definition) is 4. The molecule has 1 atom stereocenters. The van der Waals surface area contributed by atoms with Gasteiger partial charge in [-0.2, -0.15) is 0 Å². The van der Waals surface area contributed by atoms with Gasteiger partial charge in [0.05, 0.1) is 5.69 Å². The number of nitrogens with one attached hydrogen (secondary N) is 2. The molecule has 1 heterocycles. The average Bonchev–Trinajstić information content (AvgIpc) is 2.55. The molecule has 0 spiro atoms. The molecule has 2 aromatic rings. The number of hydrogen-bond donors (Lipinski definition) is 2. The molecule has 0 fully saturated rings. The van der Waals surface area contributed by atoms with Crippen molar-refractivity contribution in [3.8, 4) is 11.5 Å².